The maximum absolute atomic E-state index is 13.5. The molecular formula is C25H19ClFN3O4S. The average molecular weight is 512 g/mol. The Morgan fingerprint density at radius 1 is 0.971 bits per heavy atom. The number of hydrogen-bond donors (Lipinski definition) is 0. The van der Waals surface area contributed by atoms with Crippen molar-refractivity contribution in [1.29, 1.82) is 0 Å². The van der Waals surface area contributed by atoms with Crippen LogP contribution >= 0.6 is 11.6 Å². The third-order valence-corrected chi connectivity index (χ3v) is 7.72. The molecule has 7 nitrogen and oxygen atoms in total. The lowest BCUT2D eigenvalue weighted by Crippen LogP contribution is -2.50. The zero-order valence-corrected chi connectivity index (χ0v) is 20.1. The third-order valence-electron chi connectivity index (χ3n) is 5.70. The van der Waals surface area contributed by atoms with E-state index >= 15 is 0 Å². The summed E-state index contributed by atoms with van der Waals surface area (Å²) in [6, 6.07) is 17.9. The summed E-state index contributed by atoms with van der Waals surface area (Å²) in [7, 11) is -4.13. The van der Waals surface area contributed by atoms with Gasteiger partial charge < -0.3 is 4.42 Å². The molecule has 178 valence electrons. The maximum Gasteiger partial charge on any atom is 0.339 e. The van der Waals surface area contributed by atoms with Crippen LogP contribution in [0.3, 0.4) is 0 Å². The Hall–Kier alpha value is -3.69. The Morgan fingerprint density at radius 2 is 1.66 bits per heavy atom. The van der Waals surface area contributed by atoms with Crippen molar-refractivity contribution in [2.45, 2.75) is 24.9 Å². The van der Waals surface area contributed by atoms with E-state index in [0.717, 1.165) is 9.87 Å². The molecule has 0 saturated heterocycles. The molecule has 10 heteroatoms. The molecule has 0 fully saturated rings. The van der Waals surface area contributed by atoms with Crippen molar-refractivity contribution in [1.82, 2.24) is 9.29 Å². The van der Waals surface area contributed by atoms with E-state index in [9.17, 15) is 17.6 Å². The standard InChI is InChI=1S/C25H19ClFN3O4S/c1-16-21(28-24(34-16)18-8-10-19(26)11-9-18)15-29-22-4-2-3-5-23(22)35(32,33)30(25(29)31)14-17-6-12-20(27)13-7-17/h2-13H,14-15H2,1H3. The number of nitrogens with zero attached hydrogens (tertiary/aromatic N) is 3. The van der Waals surface area contributed by atoms with Gasteiger partial charge in [0.25, 0.3) is 10.0 Å². The Kier molecular flexibility index (Phi) is 5.82. The van der Waals surface area contributed by atoms with Crippen molar-refractivity contribution in [3.05, 3.63) is 101 Å². The molecule has 0 atom stereocenters. The van der Waals surface area contributed by atoms with Gasteiger partial charge in [-0.2, -0.15) is 0 Å². The zero-order valence-electron chi connectivity index (χ0n) is 18.5. The van der Waals surface area contributed by atoms with Gasteiger partial charge in [0.1, 0.15) is 22.2 Å². The normalized spacial score (nSPS) is 14.8. The summed E-state index contributed by atoms with van der Waals surface area (Å²) in [5, 5.41) is 0.579. The Morgan fingerprint density at radius 3 is 2.37 bits per heavy atom. The van der Waals surface area contributed by atoms with E-state index in [1.54, 1.807) is 49.4 Å². The largest absolute Gasteiger partial charge is 0.441 e. The molecule has 0 unspecified atom stereocenters. The Bertz CT molecular complexity index is 1520. The number of aryl methyl sites for hydroxylation is 1. The first-order chi connectivity index (χ1) is 16.7. The number of hydrogen-bond acceptors (Lipinski definition) is 5. The predicted octanol–water partition coefficient (Wildman–Crippen LogP) is 5.77. The fraction of sp³-hybridized carbons (Fsp3) is 0.120. The summed E-state index contributed by atoms with van der Waals surface area (Å²) >= 11 is 5.96. The van der Waals surface area contributed by atoms with Crippen LogP contribution in [-0.2, 0) is 23.1 Å². The second-order valence-electron chi connectivity index (χ2n) is 8.00. The van der Waals surface area contributed by atoms with Crippen LogP contribution in [-0.4, -0.2) is 23.7 Å². The SMILES string of the molecule is Cc1oc(-c2ccc(Cl)cc2)nc1CN1C(=O)N(Cc2ccc(F)cc2)S(=O)(=O)c2ccccc21. The summed E-state index contributed by atoms with van der Waals surface area (Å²) in [5.41, 5.74) is 1.93. The molecule has 1 aliphatic heterocycles. The van der Waals surface area contributed by atoms with Gasteiger partial charge in [-0.15, -0.1) is 0 Å². The van der Waals surface area contributed by atoms with Crippen molar-refractivity contribution in [2.75, 3.05) is 4.90 Å². The molecule has 35 heavy (non-hydrogen) atoms. The summed E-state index contributed by atoms with van der Waals surface area (Å²) in [6.45, 7) is 1.49. The van der Waals surface area contributed by atoms with Gasteiger partial charge in [-0.25, -0.2) is 26.9 Å². The minimum atomic E-state index is -4.13. The van der Waals surface area contributed by atoms with E-state index in [1.807, 2.05) is 0 Å². The predicted molar refractivity (Wildman–Crippen MR) is 129 cm³/mol. The van der Waals surface area contributed by atoms with Crippen molar-refractivity contribution >= 4 is 33.3 Å². The smallest absolute Gasteiger partial charge is 0.339 e. The zero-order chi connectivity index (χ0) is 24.7. The number of urea groups is 1. The Balaban J connectivity index is 1.52. The van der Waals surface area contributed by atoms with Crippen molar-refractivity contribution in [2.24, 2.45) is 0 Å². The first-order valence-corrected chi connectivity index (χ1v) is 12.5. The molecule has 0 N–H and O–H groups in total. The number of amides is 2. The van der Waals surface area contributed by atoms with Crippen LogP contribution in [0.5, 0.6) is 0 Å². The first-order valence-electron chi connectivity index (χ1n) is 10.6. The van der Waals surface area contributed by atoms with Gasteiger partial charge in [-0.1, -0.05) is 35.9 Å². The molecule has 4 aromatic rings. The highest BCUT2D eigenvalue weighted by atomic mass is 35.5. The summed E-state index contributed by atoms with van der Waals surface area (Å²) < 4.78 is 46.6. The number of rotatable bonds is 5. The molecule has 1 aliphatic rings. The number of halogens is 2. The lowest BCUT2D eigenvalue weighted by atomic mass is 10.2. The van der Waals surface area contributed by atoms with E-state index in [1.165, 1.54) is 35.2 Å². The number of sulfonamides is 1. The molecule has 5 rings (SSSR count). The van der Waals surface area contributed by atoms with Crippen LogP contribution in [0.15, 0.2) is 82.1 Å². The Labute approximate surface area is 206 Å². The van der Waals surface area contributed by atoms with Crippen LogP contribution in [0.2, 0.25) is 5.02 Å². The van der Waals surface area contributed by atoms with Gasteiger partial charge in [-0.3, -0.25) is 4.90 Å². The molecule has 0 radical (unpaired) electrons. The quantitative estimate of drug-likeness (QED) is 0.339. The highest BCUT2D eigenvalue weighted by Crippen LogP contribution is 2.36. The second-order valence-corrected chi connectivity index (χ2v) is 10.3. The summed E-state index contributed by atoms with van der Waals surface area (Å²) in [5.74, 6) is 0.410. The number of benzene rings is 3. The number of para-hydroxylation sites is 1. The van der Waals surface area contributed by atoms with E-state index < -0.39 is 21.9 Å². The molecule has 2 heterocycles. The molecule has 3 aromatic carbocycles. The second kappa shape index (κ2) is 8.83. The highest BCUT2D eigenvalue weighted by molar-refractivity contribution is 7.90. The lowest BCUT2D eigenvalue weighted by Gasteiger charge is -2.36. The molecule has 0 saturated carbocycles. The van der Waals surface area contributed by atoms with E-state index in [-0.39, 0.29) is 23.7 Å². The van der Waals surface area contributed by atoms with Gasteiger partial charge >= 0.3 is 6.03 Å². The van der Waals surface area contributed by atoms with Crippen LogP contribution < -0.4 is 4.90 Å². The molecule has 1 aromatic heterocycles. The highest BCUT2D eigenvalue weighted by Gasteiger charge is 2.41. The molecule has 0 spiro atoms. The monoisotopic (exact) mass is 511 g/mol. The van der Waals surface area contributed by atoms with E-state index in [4.69, 9.17) is 16.0 Å². The number of anilines is 1. The average Bonchev–Trinajstić information content (AvgIpc) is 3.21. The minimum Gasteiger partial charge on any atom is -0.441 e. The fourth-order valence-corrected chi connectivity index (χ4v) is 5.54. The molecule has 0 bridgehead atoms. The molecule has 2 amide bonds. The van der Waals surface area contributed by atoms with Crippen molar-refractivity contribution in [3.8, 4) is 11.5 Å². The van der Waals surface area contributed by atoms with Gasteiger partial charge in [0.15, 0.2) is 0 Å². The number of oxazole rings is 1. The summed E-state index contributed by atoms with van der Waals surface area (Å²) in [6.07, 6.45) is 0. The van der Waals surface area contributed by atoms with Crippen molar-refractivity contribution in [3.63, 3.8) is 0 Å². The lowest BCUT2D eigenvalue weighted by molar-refractivity contribution is 0.226. The number of aromatic nitrogens is 1. The van der Waals surface area contributed by atoms with Crippen molar-refractivity contribution < 1.29 is 22.0 Å². The van der Waals surface area contributed by atoms with Crippen LogP contribution in [0.25, 0.3) is 11.5 Å². The maximum atomic E-state index is 13.5. The number of fused-ring (bicyclic) bond motifs is 1. The minimum absolute atomic E-state index is 0.000726. The molecule has 0 aliphatic carbocycles. The van der Waals surface area contributed by atoms with Crippen LogP contribution in [0.1, 0.15) is 17.0 Å². The topological polar surface area (TPSA) is 83.7 Å². The first kappa shape index (κ1) is 23.1. The third kappa shape index (κ3) is 4.28. The van der Waals surface area contributed by atoms with Gasteiger partial charge in [0.2, 0.25) is 5.89 Å². The fourth-order valence-electron chi connectivity index (χ4n) is 3.86. The molecular weight excluding hydrogens is 493 g/mol. The van der Waals surface area contributed by atoms with Crippen LogP contribution in [0, 0.1) is 12.7 Å². The van der Waals surface area contributed by atoms with E-state index in [2.05, 4.69) is 4.98 Å². The number of carbonyl (C=O) groups is 1. The van der Waals surface area contributed by atoms with E-state index in [0.29, 0.717) is 27.9 Å². The summed E-state index contributed by atoms with van der Waals surface area (Å²) in [4.78, 5) is 19.4. The van der Waals surface area contributed by atoms with Crippen LogP contribution in [0.4, 0.5) is 14.9 Å². The van der Waals surface area contributed by atoms with Gasteiger partial charge in [0.05, 0.1) is 18.8 Å². The number of carbonyl (C=O) groups excluding carboxylic acids is 1. The van der Waals surface area contributed by atoms with Gasteiger partial charge in [0, 0.05) is 10.6 Å². The van der Waals surface area contributed by atoms with Gasteiger partial charge in [-0.05, 0) is 61.0 Å².